The van der Waals surface area contributed by atoms with Crippen LogP contribution in [0.5, 0.6) is 5.75 Å². The molecule has 0 radical (unpaired) electrons. The lowest BCUT2D eigenvalue weighted by atomic mass is 10.1. The Hall–Kier alpha value is -1.63. The number of likely N-dealkylation sites (tertiary alicyclic amines) is 1. The van der Waals surface area contributed by atoms with Gasteiger partial charge in [-0.1, -0.05) is 17.3 Å². The lowest BCUT2D eigenvalue weighted by Gasteiger charge is -2.31. The molecule has 6 nitrogen and oxygen atoms in total. The highest BCUT2D eigenvalue weighted by molar-refractivity contribution is 5.85. The lowest BCUT2D eigenvalue weighted by Crippen LogP contribution is -2.38. The van der Waals surface area contributed by atoms with E-state index in [2.05, 4.69) is 47.1 Å². The summed E-state index contributed by atoms with van der Waals surface area (Å²) in [6, 6.07) is 6.35. The third-order valence-corrected chi connectivity index (χ3v) is 4.22. The molecule has 3 rings (SSSR count). The van der Waals surface area contributed by atoms with E-state index in [-0.39, 0.29) is 18.5 Å². The second-order valence-corrected chi connectivity index (χ2v) is 6.17. The Kier molecular flexibility index (Phi) is 6.60. The average molecular weight is 353 g/mol. The summed E-state index contributed by atoms with van der Waals surface area (Å²) in [4.78, 5) is 6.58. The van der Waals surface area contributed by atoms with Crippen LogP contribution in [0.2, 0.25) is 0 Å². The van der Waals surface area contributed by atoms with Crippen LogP contribution in [0.3, 0.4) is 0 Å². The van der Waals surface area contributed by atoms with E-state index < -0.39 is 0 Å². The molecule has 1 aliphatic rings. The molecule has 7 heteroatoms. The summed E-state index contributed by atoms with van der Waals surface area (Å²) in [6.07, 6.45) is 2.29. The molecule has 1 aromatic heterocycles. The first kappa shape index (κ1) is 18.7. The van der Waals surface area contributed by atoms with Crippen LogP contribution in [0.4, 0.5) is 0 Å². The van der Waals surface area contributed by atoms with E-state index in [1.54, 1.807) is 0 Å². The lowest BCUT2D eigenvalue weighted by molar-refractivity contribution is 0.0943. The Morgan fingerprint density at radius 1 is 1.29 bits per heavy atom. The molecule has 1 fully saturated rings. The van der Waals surface area contributed by atoms with Crippen molar-refractivity contribution in [3.63, 3.8) is 0 Å². The molecule has 1 saturated heterocycles. The molecule has 2 heterocycles. The summed E-state index contributed by atoms with van der Waals surface area (Å²) in [5, 5.41) is 3.95. The van der Waals surface area contributed by atoms with Gasteiger partial charge in [0.1, 0.15) is 11.9 Å². The molecule has 0 unspecified atom stereocenters. The van der Waals surface area contributed by atoms with E-state index in [1.807, 2.05) is 0 Å². The van der Waals surface area contributed by atoms with E-state index in [0.717, 1.165) is 31.7 Å². The zero-order valence-electron chi connectivity index (χ0n) is 14.2. The van der Waals surface area contributed by atoms with Crippen LogP contribution in [-0.4, -0.2) is 34.2 Å². The molecule has 0 saturated carbocycles. The molecule has 1 aromatic carbocycles. The van der Waals surface area contributed by atoms with Crippen molar-refractivity contribution in [1.29, 1.82) is 0 Å². The molecular formula is C17H25ClN4O2. The predicted octanol–water partition coefficient (Wildman–Crippen LogP) is 2.61. The van der Waals surface area contributed by atoms with E-state index in [0.29, 0.717) is 24.8 Å². The Bertz CT molecular complexity index is 654. The number of benzene rings is 1. The standard InChI is InChI=1S/C17H24N4O2.ClH/c1-12-3-4-13(2)15(9-12)22-14-5-7-21(8-6-14)11-16-19-17(10-18)23-20-16;/h3-4,9,14H,5-8,10-11,18H2,1-2H3;1H. The molecule has 0 atom stereocenters. The molecule has 2 aromatic rings. The zero-order chi connectivity index (χ0) is 16.2. The fraction of sp³-hybridized carbons (Fsp3) is 0.529. The van der Waals surface area contributed by atoms with E-state index in [1.165, 1.54) is 11.1 Å². The molecule has 24 heavy (non-hydrogen) atoms. The van der Waals surface area contributed by atoms with Crippen molar-refractivity contribution in [3.8, 4) is 5.75 Å². The number of aromatic nitrogens is 2. The van der Waals surface area contributed by atoms with Crippen LogP contribution in [-0.2, 0) is 13.1 Å². The second-order valence-electron chi connectivity index (χ2n) is 6.17. The Morgan fingerprint density at radius 2 is 2.04 bits per heavy atom. The first-order chi connectivity index (χ1) is 11.1. The van der Waals surface area contributed by atoms with Gasteiger partial charge in [0.05, 0.1) is 13.1 Å². The minimum Gasteiger partial charge on any atom is -0.490 e. The maximum atomic E-state index is 6.19. The maximum Gasteiger partial charge on any atom is 0.240 e. The van der Waals surface area contributed by atoms with Crippen LogP contribution in [0.15, 0.2) is 22.7 Å². The van der Waals surface area contributed by atoms with Gasteiger partial charge in [0.15, 0.2) is 5.82 Å². The van der Waals surface area contributed by atoms with Crippen molar-refractivity contribution in [1.82, 2.24) is 15.0 Å². The highest BCUT2D eigenvalue weighted by Crippen LogP contribution is 2.24. The van der Waals surface area contributed by atoms with Crippen LogP contribution in [0.1, 0.15) is 35.7 Å². The van der Waals surface area contributed by atoms with Crippen molar-refractivity contribution in [2.45, 2.75) is 45.9 Å². The minimum absolute atomic E-state index is 0. The number of aryl methyl sites for hydroxylation is 2. The fourth-order valence-corrected chi connectivity index (χ4v) is 2.84. The predicted molar refractivity (Wildman–Crippen MR) is 94.3 cm³/mol. The number of piperidine rings is 1. The van der Waals surface area contributed by atoms with Crippen molar-refractivity contribution in [2.75, 3.05) is 13.1 Å². The monoisotopic (exact) mass is 352 g/mol. The third-order valence-electron chi connectivity index (χ3n) is 4.22. The van der Waals surface area contributed by atoms with Gasteiger partial charge < -0.3 is 15.0 Å². The molecular weight excluding hydrogens is 328 g/mol. The van der Waals surface area contributed by atoms with Gasteiger partial charge >= 0.3 is 0 Å². The number of ether oxygens (including phenoxy) is 1. The van der Waals surface area contributed by atoms with Gasteiger partial charge in [-0.2, -0.15) is 4.98 Å². The van der Waals surface area contributed by atoms with Gasteiger partial charge in [0, 0.05) is 13.1 Å². The van der Waals surface area contributed by atoms with E-state index in [9.17, 15) is 0 Å². The quantitative estimate of drug-likeness (QED) is 0.891. The highest BCUT2D eigenvalue weighted by atomic mass is 35.5. The smallest absolute Gasteiger partial charge is 0.240 e. The minimum atomic E-state index is 0. The van der Waals surface area contributed by atoms with E-state index in [4.69, 9.17) is 15.0 Å². The van der Waals surface area contributed by atoms with Gasteiger partial charge in [0.2, 0.25) is 5.89 Å². The molecule has 0 spiro atoms. The summed E-state index contributed by atoms with van der Waals surface area (Å²) in [6.45, 7) is 7.13. The van der Waals surface area contributed by atoms with Crippen LogP contribution in [0, 0.1) is 13.8 Å². The van der Waals surface area contributed by atoms with Crippen LogP contribution >= 0.6 is 12.4 Å². The van der Waals surface area contributed by atoms with Crippen molar-refractivity contribution < 1.29 is 9.26 Å². The highest BCUT2D eigenvalue weighted by Gasteiger charge is 2.22. The van der Waals surface area contributed by atoms with Crippen molar-refractivity contribution in [2.24, 2.45) is 5.73 Å². The molecule has 2 N–H and O–H groups in total. The van der Waals surface area contributed by atoms with Gasteiger partial charge in [0.25, 0.3) is 0 Å². The first-order valence-corrected chi connectivity index (χ1v) is 8.12. The Morgan fingerprint density at radius 3 is 2.71 bits per heavy atom. The Balaban J connectivity index is 0.00000208. The summed E-state index contributed by atoms with van der Waals surface area (Å²) in [7, 11) is 0. The fourth-order valence-electron chi connectivity index (χ4n) is 2.84. The number of rotatable bonds is 5. The second kappa shape index (κ2) is 8.46. The molecule has 0 bridgehead atoms. The SMILES string of the molecule is Cc1ccc(C)c(OC2CCN(Cc3noc(CN)n3)CC2)c1.Cl. The molecule has 0 amide bonds. The van der Waals surface area contributed by atoms with Crippen molar-refractivity contribution in [3.05, 3.63) is 41.0 Å². The zero-order valence-corrected chi connectivity index (χ0v) is 15.0. The first-order valence-electron chi connectivity index (χ1n) is 8.12. The number of nitrogens with two attached hydrogens (primary N) is 1. The summed E-state index contributed by atoms with van der Waals surface area (Å²) in [5.41, 5.74) is 7.91. The number of hydrogen-bond acceptors (Lipinski definition) is 6. The molecule has 0 aliphatic carbocycles. The summed E-state index contributed by atoms with van der Waals surface area (Å²) < 4.78 is 11.2. The summed E-state index contributed by atoms with van der Waals surface area (Å²) in [5.74, 6) is 2.21. The van der Waals surface area contributed by atoms with Gasteiger partial charge in [-0.3, -0.25) is 4.90 Å². The number of nitrogens with zero attached hydrogens (tertiary/aromatic N) is 3. The largest absolute Gasteiger partial charge is 0.490 e. The Labute approximate surface area is 148 Å². The third kappa shape index (κ3) is 4.69. The van der Waals surface area contributed by atoms with Gasteiger partial charge in [-0.05, 0) is 43.9 Å². The van der Waals surface area contributed by atoms with Crippen LogP contribution < -0.4 is 10.5 Å². The maximum absolute atomic E-state index is 6.19. The number of halogens is 1. The van der Waals surface area contributed by atoms with E-state index >= 15 is 0 Å². The summed E-state index contributed by atoms with van der Waals surface area (Å²) >= 11 is 0. The topological polar surface area (TPSA) is 77.4 Å². The van der Waals surface area contributed by atoms with Gasteiger partial charge in [-0.15, -0.1) is 12.4 Å². The molecule has 1 aliphatic heterocycles. The van der Waals surface area contributed by atoms with Crippen LogP contribution in [0.25, 0.3) is 0 Å². The molecule has 132 valence electrons. The average Bonchev–Trinajstić information content (AvgIpc) is 3.00. The van der Waals surface area contributed by atoms with Gasteiger partial charge in [-0.25, -0.2) is 0 Å². The number of hydrogen-bond donors (Lipinski definition) is 1. The van der Waals surface area contributed by atoms with Crippen molar-refractivity contribution >= 4 is 12.4 Å². The normalized spacial score (nSPS) is 16.0.